The largest absolute Gasteiger partial charge is 0.492 e. The Balaban J connectivity index is 1.79. The number of nitrogens with one attached hydrogen (secondary N) is 1. The van der Waals surface area contributed by atoms with Crippen molar-refractivity contribution in [2.75, 3.05) is 37.7 Å². The molecule has 3 rings (SSSR count). The lowest BCUT2D eigenvalue weighted by Gasteiger charge is -2.37. The summed E-state index contributed by atoms with van der Waals surface area (Å²) in [5.41, 5.74) is 2.52. The maximum absolute atomic E-state index is 13.2. The normalized spacial score (nSPS) is 14.7. The Hall–Kier alpha value is -2.29. The lowest BCUT2D eigenvalue weighted by atomic mass is 10.1. The van der Waals surface area contributed by atoms with Crippen LogP contribution in [0.3, 0.4) is 0 Å². The first kappa shape index (κ1) is 24.4. The predicted molar refractivity (Wildman–Crippen MR) is 127 cm³/mol. The summed E-state index contributed by atoms with van der Waals surface area (Å²) >= 11 is 6.16. The van der Waals surface area contributed by atoms with Gasteiger partial charge in [0.1, 0.15) is 10.6 Å². The minimum absolute atomic E-state index is 0.0212. The summed E-state index contributed by atoms with van der Waals surface area (Å²) in [4.78, 5) is 17.1. The average molecular weight is 480 g/mol. The zero-order chi connectivity index (χ0) is 23.5. The number of carbonyl (C=O) groups is 1. The van der Waals surface area contributed by atoms with Crippen molar-refractivity contribution in [2.24, 2.45) is 0 Å². The molecule has 1 heterocycles. The zero-order valence-electron chi connectivity index (χ0n) is 18.9. The third-order valence-electron chi connectivity index (χ3n) is 5.25. The van der Waals surface area contributed by atoms with Gasteiger partial charge in [0.25, 0.3) is 5.91 Å². The number of piperazine rings is 1. The number of benzene rings is 2. The first-order valence-corrected chi connectivity index (χ1v) is 12.6. The number of aryl methyl sites for hydroxylation is 1. The van der Waals surface area contributed by atoms with Crippen LogP contribution in [-0.2, 0) is 10.0 Å². The standard InChI is InChI=1S/C23H30ClN3O4S/c1-5-31-21-9-7-18(14-22(21)32(29,30)25-16(2)3)23(28)27-12-10-26(11-13-27)20-15-19(24)8-6-17(20)4/h6-9,14-16,25H,5,10-13H2,1-4H3. The van der Waals surface area contributed by atoms with E-state index in [2.05, 4.69) is 9.62 Å². The van der Waals surface area contributed by atoms with Gasteiger partial charge < -0.3 is 14.5 Å². The van der Waals surface area contributed by atoms with Gasteiger partial charge in [-0.3, -0.25) is 4.79 Å². The van der Waals surface area contributed by atoms with Crippen LogP contribution in [0.5, 0.6) is 5.75 Å². The third kappa shape index (κ3) is 5.54. The van der Waals surface area contributed by atoms with Crippen LogP contribution in [0, 0.1) is 6.92 Å². The number of hydrogen-bond acceptors (Lipinski definition) is 5. The molecule has 0 radical (unpaired) electrons. The molecule has 7 nitrogen and oxygen atoms in total. The second-order valence-electron chi connectivity index (χ2n) is 8.08. The summed E-state index contributed by atoms with van der Waals surface area (Å²) in [6.45, 7) is 10.0. The first-order valence-electron chi connectivity index (χ1n) is 10.7. The minimum Gasteiger partial charge on any atom is -0.492 e. The molecule has 0 bridgehead atoms. The number of halogens is 1. The van der Waals surface area contributed by atoms with E-state index in [0.717, 1.165) is 11.3 Å². The third-order valence-corrected chi connectivity index (χ3v) is 7.16. The van der Waals surface area contributed by atoms with Crippen LogP contribution in [0.25, 0.3) is 0 Å². The SMILES string of the molecule is CCOc1ccc(C(=O)N2CCN(c3cc(Cl)ccc3C)CC2)cc1S(=O)(=O)NC(C)C. The van der Waals surface area contributed by atoms with Crippen molar-refractivity contribution in [1.82, 2.24) is 9.62 Å². The Morgan fingerprint density at radius 2 is 1.81 bits per heavy atom. The number of amides is 1. The van der Waals surface area contributed by atoms with Crippen LogP contribution in [0.15, 0.2) is 41.3 Å². The number of nitrogens with zero attached hydrogens (tertiary/aromatic N) is 2. The van der Waals surface area contributed by atoms with Gasteiger partial charge in [-0.1, -0.05) is 17.7 Å². The molecule has 2 aromatic rings. The maximum Gasteiger partial charge on any atom is 0.254 e. The number of rotatable bonds is 7. The Bertz CT molecular complexity index is 1080. The van der Waals surface area contributed by atoms with Crippen LogP contribution >= 0.6 is 11.6 Å². The van der Waals surface area contributed by atoms with Crippen LogP contribution < -0.4 is 14.4 Å². The van der Waals surface area contributed by atoms with E-state index in [0.29, 0.717) is 43.4 Å². The summed E-state index contributed by atoms with van der Waals surface area (Å²) in [6, 6.07) is 10.1. The predicted octanol–water partition coefficient (Wildman–Crippen LogP) is 3.70. The van der Waals surface area contributed by atoms with Crippen molar-refractivity contribution in [3.05, 3.63) is 52.5 Å². The summed E-state index contributed by atoms with van der Waals surface area (Å²) in [6.07, 6.45) is 0. The zero-order valence-corrected chi connectivity index (χ0v) is 20.5. The highest BCUT2D eigenvalue weighted by atomic mass is 35.5. The summed E-state index contributed by atoms with van der Waals surface area (Å²) in [5.74, 6) is 0.0370. The number of ether oxygens (including phenoxy) is 1. The highest BCUT2D eigenvalue weighted by Crippen LogP contribution is 2.28. The highest BCUT2D eigenvalue weighted by Gasteiger charge is 2.27. The monoisotopic (exact) mass is 479 g/mol. The number of anilines is 1. The highest BCUT2D eigenvalue weighted by molar-refractivity contribution is 7.89. The minimum atomic E-state index is -3.82. The van der Waals surface area contributed by atoms with E-state index in [-0.39, 0.29) is 22.6 Å². The molecule has 2 aromatic carbocycles. The van der Waals surface area contributed by atoms with E-state index in [9.17, 15) is 13.2 Å². The van der Waals surface area contributed by atoms with Crippen molar-refractivity contribution in [3.63, 3.8) is 0 Å². The molecule has 0 saturated carbocycles. The number of carbonyl (C=O) groups excluding carboxylic acids is 1. The molecule has 1 saturated heterocycles. The van der Waals surface area contributed by atoms with Gasteiger partial charge in [-0.15, -0.1) is 0 Å². The van der Waals surface area contributed by atoms with E-state index < -0.39 is 10.0 Å². The molecule has 0 aromatic heterocycles. The van der Waals surface area contributed by atoms with Gasteiger partial charge in [0.2, 0.25) is 10.0 Å². The fraction of sp³-hybridized carbons (Fsp3) is 0.435. The molecule has 32 heavy (non-hydrogen) atoms. The fourth-order valence-corrected chi connectivity index (χ4v) is 5.34. The smallest absolute Gasteiger partial charge is 0.254 e. The van der Waals surface area contributed by atoms with Gasteiger partial charge in [0.15, 0.2) is 0 Å². The Morgan fingerprint density at radius 1 is 1.12 bits per heavy atom. The van der Waals surface area contributed by atoms with Gasteiger partial charge in [-0.25, -0.2) is 13.1 Å². The molecule has 0 spiro atoms. The van der Waals surface area contributed by atoms with E-state index >= 15 is 0 Å². The van der Waals surface area contributed by atoms with Crippen LogP contribution in [0.4, 0.5) is 5.69 Å². The number of sulfonamides is 1. The van der Waals surface area contributed by atoms with E-state index in [1.807, 2.05) is 25.1 Å². The maximum atomic E-state index is 13.2. The molecule has 1 N–H and O–H groups in total. The van der Waals surface area contributed by atoms with Gasteiger partial charge >= 0.3 is 0 Å². The lowest BCUT2D eigenvalue weighted by molar-refractivity contribution is 0.0746. The van der Waals surface area contributed by atoms with Gasteiger partial charge in [0.05, 0.1) is 6.61 Å². The molecular weight excluding hydrogens is 450 g/mol. The van der Waals surface area contributed by atoms with E-state index in [1.54, 1.807) is 37.8 Å². The molecule has 9 heteroatoms. The van der Waals surface area contributed by atoms with E-state index in [1.165, 1.54) is 6.07 Å². The molecule has 0 unspecified atom stereocenters. The lowest BCUT2D eigenvalue weighted by Crippen LogP contribution is -2.49. The van der Waals surface area contributed by atoms with Gasteiger partial charge in [0, 0.05) is 48.5 Å². The second kappa shape index (κ2) is 10.1. The van der Waals surface area contributed by atoms with Crippen LogP contribution in [0.2, 0.25) is 5.02 Å². The Kier molecular flexibility index (Phi) is 7.69. The summed E-state index contributed by atoms with van der Waals surface area (Å²) < 4.78 is 33.7. The van der Waals surface area contributed by atoms with Crippen LogP contribution in [-0.4, -0.2) is 58.1 Å². The molecule has 1 aliphatic rings. The first-order chi connectivity index (χ1) is 15.1. The molecular formula is C23H30ClN3O4S. The van der Waals surface area contributed by atoms with Crippen molar-refractivity contribution in [1.29, 1.82) is 0 Å². The number of hydrogen-bond donors (Lipinski definition) is 1. The van der Waals surface area contributed by atoms with Gasteiger partial charge in [-0.05, 0) is 63.6 Å². The molecule has 1 aliphatic heterocycles. The Labute approximate surface area is 195 Å². The van der Waals surface area contributed by atoms with E-state index in [4.69, 9.17) is 16.3 Å². The molecule has 0 aliphatic carbocycles. The van der Waals surface area contributed by atoms with Crippen molar-refractivity contribution in [3.8, 4) is 5.75 Å². The molecule has 1 fully saturated rings. The van der Waals surface area contributed by atoms with Gasteiger partial charge in [-0.2, -0.15) is 0 Å². The quantitative estimate of drug-likeness (QED) is 0.655. The molecule has 1 amide bonds. The van der Waals surface area contributed by atoms with Crippen molar-refractivity contribution in [2.45, 2.75) is 38.6 Å². The average Bonchev–Trinajstić information content (AvgIpc) is 2.74. The van der Waals surface area contributed by atoms with Crippen LogP contribution in [0.1, 0.15) is 36.7 Å². The summed E-state index contributed by atoms with van der Waals surface area (Å²) in [7, 11) is -3.82. The summed E-state index contributed by atoms with van der Waals surface area (Å²) in [5, 5.41) is 0.683. The topological polar surface area (TPSA) is 79.0 Å². The van der Waals surface area contributed by atoms with Crippen molar-refractivity contribution < 1.29 is 17.9 Å². The second-order valence-corrected chi connectivity index (χ2v) is 10.2. The Morgan fingerprint density at radius 3 is 2.44 bits per heavy atom. The molecule has 174 valence electrons. The molecule has 0 atom stereocenters. The van der Waals surface area contributed by atoms with Crippen molar-refractivity contribution >= 4 is 33.2 Å². The fourth-order valence-electron chi connectivity index (χ4n) is 3.76.